The molecule has 2 aliphatic heterocycles. The maximum absolute atomic E-state index is 6.19. The molecule has 2 fully saturated rings. The molecule has 1 unspecified atom stereocenters. The van der Waals surface area contributed by atoms with E-state index in [4.69, 9.17) is 14.5 Å². The fourth-order valence-corrected chi connectivity index (χ4v) is 3.89. The van der Waals surface area contributed by atoms with E-state index in [0.717, 1.165) is 50.1 Å². The highest BCUT2D eigenvalue weighted by molar-refractivity contribution is 5.80. The number of nitrogens with one attached hydrogen (secondary N) is 1. The topological polar surface area (TPSA) is 46.1 Å². The smallest absolute Gasteiger partial charge is 0.194 e. The van der Waals surface area contributed by atoms with Crippen LogP contribution in [0, 0.1) is 12.3 Å². The van der Waals surface area contributed by atoms with E-state index in [-0.39, 0.29) is 5.60 Å². The summed E-state index contributed by atoms with van der Waals surface area (Å²) in [5.41, 5.74) is 2.45. The maximum atomic E-state index is 6.19. The lowest BCUT2D eigenvalue weighted by Gasteiger charge is -2.25. The van der Waals surface area contributed by atoms with E-state index in [0.29, 0.717) is 12.0 Å². The average molecular weight is 374 g/mol. The summed E-state index contributed by atoms with van der Waals surface area (Å²) in [5, 5.41) is 3.47. The predicted octanol–water partition coefficient (Wildman–Crippen LogP) is 3.75. The van der Waals surface area contributed by atoms with Crippen LogP contribution in [0.25, 0.3) is 0 Å². The molecular formula is C22H35N3O2. The fourth-order valence-electron chi connectivity index (χ4n) is 3.89. The predicted molar refractivity (Wildman–Crippen MR) is 110 cm³/mol. The van der Waals surface area contributed by atoms with Gasteiger partial charge in [-0.05, 0) is 59.1 Å². The van der Waals surface area contributed by atoms with Gasteiger partial charge in [-0.2, -0.15) is 0 Å². The molecule has 0 aromatic heterocycles. The summed E-state index contributed by atoms with van der Waals surface area (Å²) in [5.74, 6) is 1.94. The maximum Gasteiger partial charge on any atom is 0.194 e. The van der Waals surface area contributed by atoms with Crippen LogP contribution < -0.4 is 10.1 Å². The van der Waals surface area contributed by atoms with E-state index in [9.17, 15) is 0 Å². The monoisotopic (exact) mass is 373 g/mol. The summed E-state index contributed by atoms with van der Waals surface area (Å²) in [6, 6.07) is 6.39. The Morgan fingerprint density at radius 2 is 2.15 bits per heavy atom. The minimum absolute atomic E-state index is 0.222. The van der Waals surface area contributed by atoms with Crippen LogP contribution in [0.15, 0.2) is 23.2 Å². The second-order valence-corrected chi connectivity index (χ2v) is 8.97. The van der Waals surface area contributed by atoms with Crippen molar-refractivity contribution in [2.75, 3.05) is 32.8 Å². The third-order valence-corrected chi connectivity index (χ3v) is 5.30. The first-order valence-electron chi connectivity index (χ1n) is 10.2. The molecule has 5 heteroatoms. The first-order chi connectivity index (χ1) is 12.8. The molecule has 3 rings (SSSR count). The van der Waals surface area contributed by atoms with Crippen LogP contribution in [-0.4, -0.2) is 49.3 Å². The van der Waals surface area contributed by atoms with Crippen LogP contribution in [0.5, 0.6) is 5.75 Å². The van der Waals surface area contributed by atoms with Gasteiger partial charge in [0.25, 0.3) is 0 Å². The highest BCUT2D eigenvalue weighted by Gasteiger charge is 2.42. The zero-order chi connectivity index (χ0) is 19.5. The molecule has 150 valence electrons. The molecule has 0 radical (unpaired) electrons. The van der Waals surface area contributed by atoms with Crippen molar-refractivity contribution < 1.29 is 9.47 Å². The molecule has 0 amide bonds. The number of ether oxygens (including phenoxy) is 2. The van der Waals surface area contributed by atoms with Gasteiger partial charge in [0.15, 0.2) is 5.96 Å². The van der Waals surface area contributed by atoms with Gasteiger partial charge in [-0.3, -0.25) is 0 Å². The van der Waals surface area contributed by atoms with Crippen molar-refractivity contribution in [3.8, 4) is 5.75 Å². The molecule has 27 heavy (non-hydrogen) atoms. The lowest BCUT2D eigenvalue weighted by atomic mass is 9.87. The van der Waals surface area contributed by atoms with Crippen LogP contribution >= 0.6 is 0 Å². The minimum Gasteiger partial charge on any atom is -0.488 e. The van der Waals surface area contributed by atoms with Crippen molar-refractivity contribution >= 4 is 5.96 Å². The number of rotatable bonds is 4. The Morgan fingerprint density at radius 1 is 1.33 bits per heavy atom. The highest BCUT2D eigenvalue weighted by atomic mass is 16.5. The van der Waals surface area contributed by atoms with Gasteiger partial charge in [0.2, 0.25) is 0 Å². The quantitative estimate of drug-likeness (QED) is 0.645. The molecule has 1 N–H and O–H groups in total. The van der Waals surface area contributed by atoms with Crippen molar-refractivity contribution in [3.05, 3.63) is 29.3 Å². The Balaban J connectivity index is 1.76. The molecule has 2 saturated heterocycles. The number of benzene rings is 1. The van der Waals surface area contributed by atoms with Crippen LogP contribution in [0.2, 0.25) is 0 Å². The Morgan fingerprint density at radius 3 is 2.81 bits per heavy atom. The van der Waals surface area contributed by atoms with Gasteiger partial charge in [0.1, 0.15) is 11.4 Å². The van der Waals surface area contributed by atoms with Crippen LogP contribution in [-0.2, 0) is 11.3 Å². The van der Waals surface area contributed by atoms with Gasteiger partial charge in [-0.1, -0.05) is 12.1 Å². The lowest BCUT2D eigenvalue weighted by molar-refractivity contribution is 0.129. The van der Waals surface area contributed by atoms with Crippen molar-refractivity contribution in [2.24, 2.45) is 10.4 Å². The third kappa shape index (κ3) is 5.16. The normalized spacial score (nSPS) is 23.3. The molecule has 2 aliphatic rings. The Bertz CT molecular complexity index is 673. The number of nitrogens with zero attached hydrogens (tertiary/aromatic N) is 2. The first kappa shape index (κ1) is 20.0. The number of likely N-dealkylation sites (tertiary alicyclic amines) is 1. The van der Waals surface area contributed by atoms with Gasteiger partial charge >= 0.3 is 0 Å². The summed E-state index contributed by atoms with van der Waals surface area (Å²) in [4.78, 5) is 7.35. The minimum atomic E-state index is -0.222. The fraction of sp³-hybridized carbons (Fsp3) is 0.682. The van der Waals surface area contributed by atoms with Crippen LogP contribution in [0.1, 0.15) is 51.7 Å². The van der Waals surface area contributed by atoms with E-state index in [1.54, 1.807) is 0 Å². The van der Waals surface area contributed by atoms with Crippen molar-refractivity contribution in [3.63, 3.8) is 0 Å². The molecule has 0 saturated carbocycles. The summed E-state index contributed by atoms with van der Waals surface area (Å²) in [6.45, 7) is 15.8. The first-order valence-corrected chi connectivity index (χ1v) is 10.2. The van der Waals surface area contributed by atoms with Crippen molar-refractivity contribution in [1.29, 1.82) is 0 Å². The molecule has 0 bridgehead atoms. The highest BCUT2D eigenvalue weighted by Crippen LogP contribution is 2.38. The number of guanidine groups is 1. The number of aryl methyl sites for hydroxylation is 1. The molecule has 1 atom stereocenters. The van der Waals surface area contributed by atoms with Gasteiger partial charge in [-0.15, -0.1) is 0 Å². The number of hydrogen-bond acceptors (Lipinski definition) is 3. The zero-order valence-electron chi connectivity index (χ0n) is 17.6. The molecule has 1 aromatic rings. The van der Waals surface area contributed by atoms with Gasteiger partial charge in [0.05, 0.1) is 13.2 Å². The average Bonchev–Trinajstić information content (AvgIpc) is 3.22. The van der Waals surface area contributed by atoms with Crippen molar-refractivity contribution in [2.45, 2.75) is 59.6 Å². The van der Waals surface area contributed by atoms with E-state index >= 15 is 0 Å². The molecule has 2 heterocycles. The Hall–Kier alpha value is -1.75. The molecule has 1 spiro atoms. The Labute approximate surface area is 164 Å². The SMILES string of the molecule is CCNC(=NCc1ccc(C)cc1OC(C)(C)C)N1CCC2(CCOC2)C1. The second kappa shape index (κ2) is 8.09. The van der Waals surface area contributed by atoms with Gasteiger partial charge < -0.3 is 19.7 Å². The lowest BCUT2D eigenvalue weighted by Crippen LogP contribution is -2.41. The van der Waals surface area contributed by atoms with Crippen LogP contribution in [0.3, 0.4) is 0 Å². The third-order valence-electron chi connectivity index (χ3n) is 5.30. The molecular weight excluding hydrogens is 338 g/mol. The summed E-state index contributed by atoms with van der Waals surface area (Å²) in [6.07, 6.45) is 2.37. The van der Waals surface area contributed by atoms with E-state index in [1.165, 1.54) is 18.4 Å². The summed E-state index contributed by atoms with van der Waals surface area (Å²) >= 11 is 0. The van der Waals surface area contributed by atoms with Gasteiger partial charge in [0, 0.05) is 37.2 Å². The summed E-state index contributed by atoms with van der Waals surface area (Å²) in [7, 11) is 0. The largest absolute Gasteiger partial charge is 0.488 e. The number of hydrogen-bond donors (Lipinski definition) is 1. The zero-order valence-corrected chi connectivity index (χ0v) is 17.6. The van der Waals surface area contributed by atoms with Gasteiger partial charge in [-0.25, -0.2) is 4.99 Å². The van der Waals surface area contributed by atoms with E-state index in [1.807, 2.05) is 0 Å². The molecule has 5 nitrogen and oxygen atoms in total. The van der Waals surface area contributed by atoms with E-state index < -0.39 is 0 Å². The van der Waals surface area contributed by atoms with E-state index in [2.05, 4.69) is 63.0 Å². The molecule has 1 aromatic carbocycles. The van der Waals surface area contributed by atoms with Crippen LogP contribution in [0.4, 0.5) is 0 Å². The standard InChI is InChI=1S/C22H35N3O2/c1-6-23-20(25-11-9-22(15-25)10-12-26-16-22)24-14-18-8-7-17(2)13-19(18)27-21(3,4)5/h7-8,13H,6,9-12,14-16H2,1-5H3,(H,23,24). The summed E-state index contributed by atoms with van der Waals surface area (Å²) < 4.78 is 11.9. The second-order valence-electron chi connectivity index (χ2n) is 8.97. The number of aliphatic imine (C=N–C) groups is 1. The molecule has 0 aliphatic carbocycles. The van der Waals surface area contributed by atoms with Crippen molar-refractivity contribution in [1.82, 2.24) is 10.2 Å². The Kier molecular flexibility index (Phi) is 5.99.